The van der Waals surface area contributed by atoms with Gasteiger partial charge in [0.05, 0.1) is 0 Å². The highest BCUT2D eigenvalue weighted by atomic mass is 19.4. The van der Waals surface area contributed by atoms with Gasteiger partial charge in [0.1, 0.15) is 5.60 Å². The SMILES string of the molecule is CC(C)(C)OC(=O)NCc1ccc(C(F)C(F)(F)F)cc1. The summed E-state index contributed by atoms with van der Waals surface area (Å²) in [4.78, 5) is 11.4. The number of hydrogen-bond acceptors (Lipinski definition) is 2. The number of carbonyl (C=O) groups excluding carboxylic acids is 1. The van der Waals surface area contributed by atoms with Gasteiger partial charge in [0, 0.05) is 6.54 Å². The molecule has 1 aromatic rings. The number of alkyl carbamates (subject to hydrolysis) is 1. The quantitative estimate of drug-likeness (QED) is 0.846. The Balaban J connectivity index is 2.58. The van der Waals surface area contributed by atoms with Gasteiger partial charge in [0.25, 0.3) is 0 Å². The van der Waals surface area contributed by atoms with Gasteiger partial charge in [-0.15, -0.1) is 0 Å². The molecule has 0 aliphatic heterocycles. The summed E-state index contributed by atoms with van der Waals surface area (Å²) in [5, 5.41) is 2.46. The third-order valence-electron chi connectivity index (χ3n) is 2.40. The molecule has 0 aliphatic rings. The summed E-state index contributed by atoms with van der Waals surface area (Å²) in [6, 6.07) is 4.74. The summed E-state index contributed by atoms with van der Waals surface area (Å²) >= 11 is 0. The standard InChI is InChI=1S/C14H17F4NO2/c1-13(2,3)21-12(20)19-8-9-4-6-10(7-5-9)11(15)14(16,17)18/h4-7,11H,8H2,1-3H3,(H,19,20). The lowest BCUT2D eigenvalue weighted by Gasteiger charge is -2.19. The highest BCUT2D eigenvalue weighted by Gasteiger charge is 2.41. The van der Waals surface area contributed by atoms with Crippen molar-refractivity contribution in [2.24, 2.45) is 0 Å². The lowest BCUT2D eigenvalue weighted by atomic mass is 10.1. The molecule has 0 fully saturated rings. The first kappa shape index (κ1) is 17.3. The highest BCUT2D eigenvalue weighted by Crippen LogP contribution is 2.35. The Bertz CT molecular complexity index is 477. The predicted octanol–water partition coefficient (Wildman–Crippen LogP) is 4.28. The van der Waals surface area contributed by atoms with E-state index in [1.807, 2.05) is 0 Å². The van der Waals surface area contributed by atoms with Crippen molar-refractivity contribution >= 4 is 6.09 Å². The van der Waals surface area contributed by atoms with Crippen LogP contribution in [0.3, 0.4) is 0 Å². The van der Waals surface area contributed by atoms with Crippen LogP contribution in [-0.2, 0) is 11.3 Å². The molecule has 21 heavy (non-hydrogen) atoms. The Morgan fingerprint density at radius 1 is 1.19 bits per heavy atom. The summed E-state index contributed by atoms with van der Waals surface area (Å²) < 4.78 is 54.7. The average molecular weight is 307 g/mol. The predicted molar refractivity (Wildman–Crippen MR) is 69.4 cm³/mol. The number of benzene rings is 1. The molecule has 1 aromatic carbocycles. The van der Waals surface area contributed by atoms with Gasteiger partial charge in [0.15, 0.2) is 0 Å². The molecule has 1 N–H and O–H groups in total. The van der Waals surface area contributed by atoms with Crippen LogP contribution in [0.5, 0.6) is 0 Å². The summed E-state index contributed by atoms with van der Waals surface area (Å²) in [6.07, 6.45) is -8.56. The minimum absolute atomic E-state index is 0.0815. The first-order valence-corrected chi connectivity index (χ1v) is 6.25. The number of amides is 1. The van der Waals surface area contributed by atoms with Crippen molar-refractivity contribution in [3.63, 3.8) is 0 Å². The van der Waals surface area contributed by atoms with E-state index in [0.29, 0.717) is 5.56 Å². The maximum atomic E-state index is 13.1. The molecule has 0 saturated heterocycles. The van der Waals surface area contributed by atoms with Crippen molar-refractivity contribution in [1.82, 2.24) is 5.32 Å². The largest absolute Gasteiger partial charge is 0.444 e. The van der Waals surface area contributed by atoms with Crippen LogP contribution in [0.2, 0.25) is 0 Å². The molecule has 0 radical (unpaired) electrons. The van der Waals surface area contributed by atoms with Crippen LogP contribution in [0.1, 0.15) is 38.1 Å². The average Bonchev–Trinajstić information content (AvgIpc) is 2.33. The van der Waals surface area contributed by atoms with E-state index in [1.54, 1.807) is 20.8 Å². The third-order valence-corrected chi connectivity index (χ3v) is 2.40. The molecule has 1 rings (SSSR count). The normalized spacial score (nSPS) is 13.7. The fraction of sp³-hybridized carbons (Fsp3) is 0.500. The second kappa shape index (κ2) is 6.32. The smallest absolute Gasteiger partial charge is 0.423 e. The summed E-state index contributed by atoms with van der Waals surface area (Å²) in [5.74, 6) is 0. The number of halogens is 4. The van der Waals surface area contributed by atoms with Crippen LogP contribution < -0.4 is 5.32 Å². The van der Waals surface area contributed by atoms with Crippen molar-refractivity contribution in [3.05, 3.63) is 35.4 Å². The van der Waals surface area contributed by atoms with E-state index in [-0.39, 0.29) is 6.54 Å². The molecular weight excluding hydrogens is 290 g/mol. The Hall–Kier alpha value is -1.79. The summed E-state index contributed by atoms with van der Waals surface area (Å²) in [5.41, 5.74) is -0.565. The molecule has 0 aliphatic carbocycles. The lowest BCUT2D eigenvalue weighted by Crippen LogP contribution is -2.32. The number of carbonyl (C=O) groups is 1. The topological polar surface area (TPSA) is 38.3 Å². The molecule has 0 saturated carbocycles. The van der Waals surface area contributed by atoms with Crippen molar-refractivity contribution in [3.8, 4) is 0 Å². The number of hydrogen-bond donors (Lipinski definition) is 1. The maximum Gasteiger partial charge on any atom is 0.423 e. The Labute approximate surface area is 120 Å². The molecule has 0 spiro atoms. The first-order chi connectivity index (χ1) is 9.49. The number of alkyl halides is 4. The van der Waals surface area contributed by atoms with E-state index in [4.69, 9.17) is 4.74 Å². The van der Waals surface area contributed by atoms with Gasteiger partial charge in [-0.3, -0.25) is 0 Å². The van der Waals surface area contributed by atoms with Crippen molar-refractivity contribution in [2.45, 2.75) is 45.3 Å². The third kappa shape index (κ3) is 6.01. The zero-order valence-electron chi connectivity index (χ0n) is 11.9. The fourth-order valence-electron chi connectivity index (χ4n) is 1.48. The second-order valence-electron chi connectivity index (χ2n) is 5.50. The van der Waals surface area contributed by atoms with Crippen molar-refractivity contribution < 1.29 is 27.1 Å². The number of nitrogens with one attached hydrogen (secondary N) is 1. The van der Waals surface area contributed by atoms with E-state index in [2.05, 4.69) is 5.32 Å². The van der Waals surface area contributed by atoms with Gasteiger partial charge in [-0.05, 0) is 31.9 Å². The Kier molecular flexibility index (Phi) is 5.20. The number of ether oxygens (including phenoxy) is 1. The van der Waals surface area contributed by atoms with Crippen LogP contribution in [0, 0.1) is 0 Å². The molecule has 3 nitrogen and oxygen atoms in total. The van der Waals surface area contributed by atoms with Crippen LogP contribution in [-0.4, -0.2) is 17.9 Å². The Morgan fingerprint density at radius 2 is 1.71 bits per heavy atom. The van der Waals surface area contributed by atoms with Gasteiger partial charge in [0.2, 0.25) is 6.17 Å². The summed E-state index contributed by atoms with van der Waals surface area (Å²) in [7, 11) is 0. The van der Waals surface area contributed by atoms with E-state index in [1.165, 1.54) is 12.1 Å². The molecule has 7 heteroatoms. The van der Waals surface area contributed by atoms with E-state index >= 15 is 0 Å². The van der Waals surface area contributed by atoms with Crippen molar-refractivity contribution in [2.75, 3.05) is 0 Å². The minimum atomic E-state index is -4.92. The summed E-state index contributed by atoms with van der Waals surface area (Å²) in [6.45, 7) is 5.21. The van der Waals surface area contributed by atoms with Gasteiger partial charge in [-0.25, -0.2) is 9.18 Å². The Morgan fingerprint density at radius 3 is 2.14 bits per heavy atom. The van der Waals surface area contributed by atoms with Gasteiger partial charge in [-0.2, -0.15) is 13.2 Å². The van der Waals surface area contributed by atoms with Crippen LogP contribution in [0.4, 0.5) is 22.4 Å². The monoisotopic (exact) mass is 307 g/mol. The van der Waals surface area contributed by atoms with E-state index < -0.39 is 29.6 Å². The van der Waals surface area contributed by atoms with Gasteiger partial charge < -0.3 is 10.1 Å². The molecule has 0 aromatic heterocycles. The van der Waals surface area contributed by atoms with Crippen LogP contribution in [0.25, 0.3) is 0 Å². The lowest BCUT2D eigenvalue weighted by molar-refractivity contribution is -0.182. The van der Waals surface area contributed by atoms with Crippen LogP contribution >= 0.6 is 0 Å². The fourth-order valence-corrected chi connectivity index (χ4v) is 1.48. The van der Waals surface area contributed by atoms with Crippen LogP contribution in [0.15, 0.2) is 24.3 Å². The second-order valence-corrected chi connectivity index (χ2v) is 5.50. The minimum Gasteiger partial charge on any atom is -0.444 e. The van der Waals surface area contributed by atoms with Gasteiger partial charge >= 0.3 is 12.3 Å². The molecule has 0 bridgehead atoms. The molecule has 0 heterocycles. The molecule has 118 valence electrons. The first-order valence-electron chi connectivity index (χ1n) is 6.25. The van der Waals surface area contributed by atoms with E-state index in [9.17, 15) is 22.4 Å². The molecular formula is C14H17F4NO2. The molecule has 1 atom stereocenters. The molecule has 1 unspecified atom stereocenters. The highest BCUT2D eigenvalue weighted by molar-refractivity contribution is 5.67. The van der Waals surface area contributed by atoms with E-state index in [0.717, 1.165) is 12.1 Å². The van der Waals surface area contributed by atoms with Crippen molar-refractivity contribution in [1.29, 1.82) is 0 Å². The maximum absolute atomic E-state index is 13.1. The molecule has 1 amide bonds. The zero-order chi connectivity index (χ0) is 16.3. The zero-order valence-corrected chi connectivity index (χ0v) is 11.9. The number of rotatable bonds is 3. The van der Waals surface area contributed by atoms with Gasteiger partial charge in [-0.1, -0.05) is 24.3 Å².